The van der Waals surface area contributed by atoms with E-state index >= 15 is 0 Å². The minimum absolute atomic E-state index is 0.221. The van der Waals surface area contributed by atoms with Gasteiger partial charge in [-0.2, -0.15) is 0 Å². The summed E-state index contributed by atoms with van der Waals surface area (Å²) < 4.78 is 12.5. The van der Waals surface area contributed by atoms with E-state index in [-0.39, 0.29) is 12.2 Å². The number of primary amides is 1. The van der Waals surface area contributed by atoms with E-state index < -0.39 is 11.8 Å². The van der Waals surface area contributed by atoms with Crippen molar-refractivity contribution in [2.75, 3.05) is 0 Å². The summed E-state index contributed by atoms with van der Waals surface area (Å²) in [6, 6.07) is 5.60. The fourth-order valence-electron chi connectivity index (χ4n) is 1.09. The molecule has 74 valence electrons. The number of rotatable bonds is 4. The molecule has 1 aromatic rings. The summed E-state index contributed by atoms with van der Waals surface area (Å²) in [4.78, 5) is 21.2. The highest BCUT2D eigenvalue weighted by atomic mass is 19.1. The molecule has 3 nitrogen and oxygen atoms in total. The summed E-state index contributed by atoms with van der Waals surface area (Å²) in [6.45, 7) is 0. The van der Waals surface area contributed by atoms with Crippen molar-refractivity contribution in [3.05, 3.63) is 35.6 Å². The van der Waals surface area contributed by atoms with Crippen molar-refractivity contribution in [2.45, 2.75) is 6.42 Å². The van der Waals surface area contributed by atoms with Crippen molar-refractivity contribution >= 4 is 12.2 Å². The molecule has 0 aliphatic heterocycles. The Morgan fingerprint density at radius 3 is 2.43 bits per heavy atom. The normalized spacial score (nSPS) is 12.1. The van der Waals surface area contributed by atoms with Crippen molar-refractivity contribution in [2.24, 2.45) is 11.7 Å². The Kier molecular flexibility index (Phi) is 3.34. The van der Waals surface area contributed by atoms with Crippen LogP contribution in [0.2, 0.25) is 0 Å². The Morgan fingerprint density at radius 1 is 1.43 bits per heavy atom. The first kappa shape index (κ1) is 10.4. The number of hydrogen-bond acceptors (Lipinski definition) is 2. The molecule has 14 heavy (non-hydrogen) atoms. The number of carbonyl (C=O) groups is 2. The fraction of sp³-hybridized carbons (Fsp3) is 0.200. The van der Waals surface area contributed by atoms with Crippen LogP contribution < -0.4 is 5.73 Å². The zero-order chi connectivity index (χ0) is 10.6. The maximum Gasteiger partial charge on any atom is 0.228 e. The van der Waals surface area contributed by atoms with Gasteiger partial charge in [0.05, 0.1) is 5.92 Å². The third kappa shape index (κ3) is 2.65. The van der Waals surface area contributed by atoms with E-state index in [1.165, 1.54) is 24.3 Å². The molecule has 1 unspecified atom stereocenters. The first-order valence-electron chi connectivity index (χ1n) is 4.12. The second-order valence-corrected chi connectivity index (χ2v) is 2.98. The molecule has 0 heterocycles. The molecule has 0 aliphatic rings. The van der Waals surface area contributed by atoms with Crippen LogP contribution in [0.15, 0.2) is 24.3 Å². The summed E-state index contributed by atoms with van der Waals surface area (Å²) in [5.74, 6) is -1.85. The summed E-state index contributed by atoms with van der Waals surface area (Å²) in [5, 5.41) is 0. The van der Waals surface area contributed by atoms with Gasteiger partial charge in [0.15, 0.2) is 0 Å². The van der Waals surface area contributed by atoms with Gasteiger partial charge in [-0.05, 0) is 24.1 Å². The van der Waals surface area contributed by atoms with Crippen LogP contribution >= 0.6 is 0 Å². The number of amides is 1. The summed E-state index contributed by atoms with van der Waals surface area (Å²) in [5.41, 5.74) is 5.69. The van der Waals surface area contributed by atoms with Crippen LogP contribution in [0.25, 0.3) is 0 Å². The van der Waals surface area contributed by atoms with Crippen LogP contribution in [0.3, 0.4) is 0 Å². The molecule has 0 radical (unpaired) electrons. The van der Waals surface area contributed by atoms with E-state index in [9.17, 15) is 14.0 Å². The van der Waals surface area contributed by atoms with Gasteiger partial charge in [0.1, 0.15) is 12.1 Å². The Labute approximate surface area is 80.7 Å². The summed E-state index contributed by atoms with van der Waals surface area (Å²) in [7, 11) is 0. The van der Waals surface area contributed by atoms with Crippen LogP contribution in [0.5, 0.6) is 0 Å². The largest absolute Gasteiger partial charge is 0.369 e. The first-order valence-corrected chi connectivity index (χ1v) is 4.12. The van der Waals surface area contributed by atoms with Gasteiger partial charge >= 0.3 is 0 Å². The van der Waals surface area contributed by atoms with Gasteiger partial charge in [-0.25, -0.2) is 4.39 Å². The second-order valence-electron chi connectivity index (χ2n) is 2.98. The SMILES string of the molecule is NC(=O)C(C=O)Cc1ccc(F)cc1. The molecular weight excluding hydrogens is 185 g/mol. The van der Waals surface area contributed by atoms with Crippen LogP contribution in [0.4, 0.5) is 4.39 Å². The highest BCUT2D eigenvalue weighted by molar-refractivity contribution is 5.90. The molecule has 2 N–H and O–H groups in total. The van der Waals surface area contributed by atoms with Crippen LogP contribution in [0.1, 0.15) is 5.56 Å². The van der Waals surface area contributed by atoms with E-state index in [1.54, 1.807) is 0 Å². The lowest BCUT2D eigenvalue weighted by Crippen LogP contribution is -2.26. The summed E-state index contributed by atoms with van der Waals surface area (Å²) in [6.07, 6.45) is 0.727. The number of aldehydes is 1. The van der Waals surface area contributed by atoms with Crippen LogP contribution in [-0.4, -0.2) is 12.2 Å². The van der Waals surface area contributed by atoms with Crippen molar-refractivity contribution in [3.8, 4) is 0 Å². The number of benzene rings is 1. The molecule has 0 aromatic heterocycles. The molecule has 1 atom stereocenters. The third-order valence-corrected chi connectivity index (χ3v) is 1.90. The highest BCUT2D eigenvalue weighted by Gasteiger charge is 2.14. The second kappa shape index (κ2) is 4.50. The number of halogens is 1. The van der Waals surface area contributed by atoms with Crippen molar-refractivity contribution in [3.63, 3.8) is 0 Å². The van der Waals surface area contributed by atoms with E-state index in [2.05, 4.69) is 0 Å². The first-order chi connectivity index (χ1) is 6.63. The van der Waals surface area contributed by atoms with Gasteiger partial charge in [-0.3, -0.25) is 4.79 Å². The predicted octanol–water partition coefficient (Wildman–Crippen LogP) is 0.669. The van der Waals surface area contributed by atoms with Crippen LogP contribution in [0, 0.1) is 11.7 Å². The van der Waals surface area contributed by atoms with Crippen LogP contribution in [-0.2, 0) is 16.0 Å². The van der Waals surface area contributed by atoms with Crippen molar-refractivity contribution < 1.29 is 14.0 Å². The van der Waals surface area contributed by atoms with Gasteiger partial charge in [-0.15, -0.1) is 0 Å². The molecule has 1 aromatic carbocycles. The number of carbonyl (C=O) groups excluding carboxylic acids is 2. The van der Waals surface area contributed by atoms with Gasteiger partial charge in [-0.1, -0.05) is 12.1 Å². The van der Waals surface area contributed by atoms with E-state index in [4.69, 9.17) is 5.73 Å². The molecule has 0 saturated heterocycles. The van der Waals surface area contributed by atoms with E-state index in [1.807, 2.05) is 0 Å². The van der Waals surface area contributed by atoms with Gasteiger partial charge in [0.2, 0.25) is 5.91 Å². The summed E-state index contributed by atoms with van der Waals surface area (Å²) >= 11 is 0. The zero-order valence-corrected chi connectivity index (χ0v) is 7.44. The third-order valence-electron chi connectivity index (χ3n) is 1.90. The molecule has 1 amide bonds. The van der Waals surface area contributed by atoms with Gasteiger partial charge in [0, 0.05) is 0 Å². The molecular formula is C10H10FNO2. The lowest BCUT2D eigenvalue weighted by molar-refractivity contribution is -0.126. The molecule has 0 spiro atoms. The van der Waals surface area contributed by atoms with Gasteiger partial charge < -0.3 is 10.5 Å². The molecule has 0 aliphatic carbocycles. The van der Waals surface area contributed by atoms with Crippen molar-refractivity contribution in [1.29, 1.82) is 0 Å². The monoisotopic (exact) mass is 195 g/mol. The maximum absolute atomic E-state index is 12.5. The average Bonchev–Trinajstić information content (AvgIpc) is 2.16. The van der Waals surface area contributed by atoms with Crippen molar-refractivity contribution in [1.82, 2.24) is 0 Å². The number of hydrogen-bond donors (Lipinski definition) is 1. The van der Waals surface area contributed by atoms with E-state index in [0.717, 1.165) is 0 Å². The van der Waals surface area contributed by atoms with E-state index in [0.29, 0.717) is 11.8 Å². The Bertz CT molecular complexity index is 334. The highest BCUT2D eigenvalue weighted by Crippen LogP contribution is 2.08. The fourth-order valence-corrected chi connectivity index (χ4v) is 1.09. The quantitative estimate of drug-likeness (QED) is 0.567. The Hall–Kier alpha value is -1.71. The average molecular weight is 195 g/mol. The Balaban J connectivity index is 2.72. The molecule has 0 fully saturated rings. The smallest absolute Gasteiger partial charge is 0.228 e. The lowest BCUT2D eigenvalue weighted by atomic mass is 10.0. The standard InChI is InChI=1S/C10H10FNO2/c11-9-3-1-7(2-4-9)5-8(6-13)10(12)14/h1-4,6,8H,5H2,(H2,12,14). The maximum atomic E-state index is 12.5. The molecule has 1 rings (SSSR count). The topological polar surface area (TPSA) is 60.2 Å². The number of nitrogens with two attached hydrogens (primary N) is 1. The molecule has 4 heteroatoms. The Morgan fingerprint density at radius 2 is 2.00 bits per heavy atom. The predicted molar refractivity (Wildman–Crippen MR) is 48.9 cm³/mol. The minimum Gasteiger partial charge on any atom is -0.369 e. The lowest BCUT2D eigenvalue weighted by Gasteiger charge is -2.05. The zero-order valence-electron chi connectivity index (χ0n) is 7.44. The molecule has 0 bridgehead atoms. The minimum atomic E-state index is -0.833. The molecule has 0 saturated carbocycles. The van der Waals surface area contributed by atoms with Gasteiger partial charge in [0.25, 0.3) is 0 Å².